The van der Waals surface area contributed by atoms with Gasteiger partial charge in [0.15, 0.2) is 0 Å². The Bertz CT molecular complexity index is 478. The molecule has 1 atom stereocenters. The molecule has 2 aliphatic rings. The number of benzene rings is 1. The van der Waals surface area contributed by atoms with Crippen molar-refractivity contribution >= 4 is 0 Å². The predicted octanol–water partition coefficient (Wildman–Crippen LogP) is 3.75. The molecule has 1 aromatic rings. The standard InChI is InChI=1S/C18H27NO2/c1-2-21-18(11-5-3-4-6-12-18)17(19)15-9-7-8-14-10-13-20-16(14)15/h7-9,17H,2-6,10-13,19H2,1H3. The van der Waals surface area contributed by atoms with Crippen LogP contribution in [0.4, 0.5) is 0 Å². The fourth-order valence-electron chi connectivity index (χ4n) is 3.93. The van der Waals surface area contributed by atoms with Crippen LogP contribution in [0, 0.1) is 0 Å². The Hall–Kier alpha value is -1.06. The second-order valence-corrected chi connectivity index (χ2v) is 6.32. The van der Waals surface area contributed by atoms with Gasteiger partial charge in [-0.15, -0.1) is 0 Å². The molecule has 3 rings (SSSR count). The predicted molar refractivity (Wildman–Crippen MR) is 84.6 cm³/mol. The van der Waals surface area contributed by atoms with Gasteiger partial charge in [0.1, 0.15) is 5.75 Å². The number of hydrogen-bond donors (Lipinski definition) is 1. The highest BCUT2D eigenvalue weighted by atomic mass is 16.5. The molecule has 3 heteroatoms. The summed E-state index contributed by atoms with van der Waals surface area (Å²) in [6.45, 7) is 3.58. The molecule has 1 fully saturated rings. The summed E-state index contributed by atoms with van der Waals surface area (Å²) in [5.41, 5.74) is 8.95. The van der Waals surface area contributed by atoms with Gasteiger partial charge in [0.2, 0.25) is 0 Å². The zero-order valence-corrected chi connectivity index (χ0v) is 13.1. The first kappa shape index (κ1) is 14.9. The zero-order valence-electron chi connectivity index (χ0n) is 13.1. The van der Waals surface area contributed by atoms with Crippen LogP contribution in [0.1, 0.15) is 62.6 Å². The lowest BCUT2D eigenvalue weighted by atomic mass is 9.82. The van der Waals surface area contributed by atoms with Crippen molar-refractivity contribution in [3.05, 3.63) is 29.3 Å². The number of rotatable bonds is 4. The smallest absolute Gasteiger partial charge is 0.127 e. The van der Waals surface area contributed by atoms with Crippen molar-refractivity contribution in [3.8, 4) is 5.75 Å². The Morgan fingerprint density at radius 3 is 2.71 bits per heavy atom. The molecular formula is C18H27NO2. The molecule has 1 heterocycles. The normalized spacial score (nSPS) is 22.2. The van der Waals surface area contributed by atoms with Crippen LogP contribution in [-0.4, -0.2) is 18.8 Å². The summed E-state index contributed by atoms with van der Waals surface area (Å²) >= 11 is 0. The van der Waals surface area contributed by atoms with Crippen LogP contribution in [0.5, 0.6) is 5.75 Å². The Morgan fingerprint density at radius 1 is 1.24 bits per heavy atom. The van der Waals surface area contributed by atoms with Gasteiger partial charge in [-0.3, -0.25) is 0 Å². The summed E-state index contributed by atoms with van der Waals surface area (Å²) in [7, 11) is 0. The van der Waals surface area contributed by atoms with Gasteiger partial charge in [-0.1, -0.05) is 43.9 Å². The summed E-state index contributed by atoms with van der Waals surface area (Å²) in [5, 5.41) is 0. The van der Waals surface area contributed by atoms with Crippen LogP contribution in [0.3, 0.4) is 0 Å². The van der Waals surface area contributed by atoms with Gasteiger partial charge < -0.3 is 15.2 Å². The molecule has 116 valence electrons. The van der Waals surface area contributed by atoms with Gasteiger partial charge in [0.05, 0.1) is 18.2 Å². The van der Waals surface area contributed by atoms with E-state index in [1.165, 1.54) is 31.2 Å². The van der Waals surface area contributed by atoms with Gasteiger partial charge in [-0.05, 0) is 25.3 Å². The highest BCUT2D eigenvalue weighted by Gasteiger charge is 2.40. The minimum absolute atomic E-state index is 0.0939. The van der Waals surface area contributed by atoms with Crippen LogP contribution in [0.15, 0.2) is 18.2 Å². The number of para-hydroxylation sites is 1. The van der Waals surface area contributed by atoms with Gasteiger partial charge in [0, 0.05) is 18.6 Å². The van der Waals surface area contributed by atoms with Crippen molar-refractivity contribution < 1.29 is 9.47 Å². The molecule has 21 heavy (non-hydrogen) atoms. The monoisotopic (exact) mass is 289 g/mol. The van der Waals surface area contributed by atoms with Crippen LogP contribution < -0.4 is 10.5 Å². The maximum absolute atomic E-state index is 6.73. The Labute approximate surface area is 127 Å². The third kappa shape index (κ3) is 2.82. The minimum atomic E-state index is -0.216. The topological polar surface area (TPSA) is 44.5 Å². The average Bonchev–Trinajstić information content (AvgIpc) is 2.86. The molecule has 0 radical (unpaired) electrons. The van der Waals surface area contributed by atoms with Crippen molar-refractivity contribution in [3.63, 3.8) is 0 Å². The van der Waals surface area contributed by atoms with E-state index in [9.17, 15) is 0 Å². The molecule has 0 spiro atoms. The molecule has 0 aromatic heterocycles. The van der Waals surface area contributed by atoms with E-state index >= 15 is 0 Å². The lowest BCUT2D eigenvalue weighted by molar-refractivity contribution is -0.0699. The quantitative estimate of drug-likeness (QED) is 0.859. The van der Waals surface area contributed by atoms with E-state index in [0.29, 0.717) is 0 Å². The van der Waals surface area contributed by atoms with E-state index in [4.69, 9.17) is 15.2 Å². The highest BCUT2D eigenvalue weighted by Crippen LogP contribution is 2.43. The second kappa shape index (κ2) is 6.37. The van der Waals surface area contributed by atoms with Gasteiger partial charge in [0.25, 0.3) is 0 Å². The van der Waals surface area contributed by atoms with E-state index in [1.807, 2.05) is 0 Å². The van der Waals surface area contributed by atoms with Crippen LogP contribution >= 0.6 is 0 Å². The minimum Gasteiger partial charge on any atom is -0.493 e. The molecule has 0 amide bonds. The molecule has 2 N–H and O–H groups in total. The lowest BCUT2D eigenvalue weighted by Gasteiger charge is -2.39. The van der Waals surface area contributed by atoms with Crippen LogP contribution in [0.25, 0.3) is 0 Å². The van der Waals surface area contributed by atoms with Crippen molar-refractivity contribution in [1.82, 2.24) is 0 Å². The zero-order chi connectivity index (χ0) is 14.7. The molecule has 0 saturated heterocycles. The molecule has 1 aliphatic heterocycles. The van der Waals surface area contributed by atoms with Gasteiger partial charge >= 0.3 is 0 Å². The van der Waals surface area contributed by atoms with Crippen LogP contribution in [0.2, 0.25) is 0 Å². The maximum Gasteiger partial charge on any atom is 0.127 e. The van der Waals surface area contributed by atoms with Gasteiger partial charge in [-0.2, -0.15) is 0 Å². The third-order valence-electron chi connectivity index (χ3n) is 5.03. The molecule has 1 aliphatic carbocycles. The largest absolute Gasteiger partial charge is 0.493 e. The first-order valence-electron chi connectivity index (χ1n) is 8.41. The number of ether oxygens (including phenoxy) is 2. The first-order chi connectivity index (χ1) is 10.3. The van der Waals surface area contributed by atoms with E-state index in [2.05, 4.69) is 25.1 Å². The molecule has 1 unspecified atom stereocenters. The SMILES string of the molecule is CCOC1(C(N)c2cccc3c2OCC3)CCCCCC1. The van der Waals surface area contributed by atoms with Crippen molar-refractivity contribution in [2.45, 2.75) is 63.5 Å². The summed E-state index contributed by atoms with van der Waals surface area (Å²) in [5.74, 6) is 1.02. The highest BCUT2D eigenvalue weighted by molar-refractivity contribution is 5.46. The second-order valence-electron chi connectivity index (χ2n) is 6.32. The Morgan fingerprint density at radius 2 is 2.00 bits per heavy atom. The Balaban J connectivity index is 1.94. The van der Waals surface area contributed by atoms with Crippen molar-refractivity contribution in [1.29, 1.82) is 0 Å². The molecule has 1 aromatic carbocycles. The van der Waals surface area contributed by atoms with E-state index in [-0.39, 0.29) is 11.6 Å². The third-order valence-corrected chi connectivity index (χ3v) is 5.03. The number of nitrogens with two attached hydrogens (primary N) is 1. The number of hydrogen-bond acceptors (Lipinski definition) is 3. The molecule has 1 saturated carbocycles. The number of fused-ring (bicyclic) bond motifs is 1. The fraction of sp³-hybridized carbons (Fsp3) is 0.667. The van der Waals surface area contributed by atoms with Crippen molar-refractivity contribution in [2.24, 2.45) is 5.73 Å². The summed E-state index contributed by atoms with van der Waals surface area (Å²) < 4.78 is 12.1. The fourth-order valence-corrected chi connectivity index (χ4v) is 3.93. The summed E-state index contributed by atoms with van der Waals surface area (Å²) in [6.07, 6.45) is 8.14. The molecule has 3 nitrogen and oxygen atoms in total. The molecular weight excluding hydrogens is 262 g/mol. The lowest BCUT2D eigenvalue weighted by Crippen LogP contribution is -2.43. The first-order valence-corrected chi connectivity index (χ1v) is 8.41. The maximum atomic E-state index is 6.73. The molecule has 0 bridgehead atoms. The summed E-state index contributed by atoms with van der Waals surface area (Å²) in [4.78, 5) is 0. The van der Waals surface area contributed by atoms with Crippen LogP contribution in [-0.2, 0) is 11.2 Å². The van der Waals surface area contributed by atoms with E-state index in [0.717, 1.165) is 43.8 Å². The van der Waals surface area contributed by atoms with E-state index < -0.39 is 0 Å². The van der Waals surface area contributed by atoms with Gasteiger partial charge in [-0.25, -0.2) is 0 Å². The Kier molecular flexibility index (Phi) is 4.51. The summed E-state index contributed by atoms with van der Waals surface area (Å²) in [6, 6.07) is 6.29. The van der Waals surface area contributed by atoms with Crippen molar-refractivity contribution in [2.75, 3.05) is 13.2 Å². The van der Waals surface area contributed by atoms with E-state index in [1.54, 1.807) is 0 Å². The average molecular weight is 289 g/mol.